The summed E-state index contributed by atoms with van der Waals surface area (Å²) in [5, 5.41) is 5.24. The van der Waals surface area contributed by atoms with E-state index in [2.05, 4.69) is 15.0 Å². The quantitative estimate of drug-likeness (QED) is 0.608. The molecule has 1 amide bonds. The fourth-order valence-electron chi connectivity index (χ4n) is 4.35. The monoisotopic (exact) mass is 449 g/mol. The molecule has 3 aromatic rings. The first kappa shape index (κ1) is 20.7. The lowest BCUT2D eigenvalue weighted by molar-refractivity contribution is -0.131. The number of hydrogen-bond acceptors (Lipinski definition) is 5. The summed E-state index contributed by atoms with van der Waals surface area (Å²) in [5.74, 6) is 0.728. The van der Waals surface area contributed by atoms with E-state index in [0.29, 0.717) is 49.4 Å². The van der Waals surface area contributed by atoms with Gasteiger partial charge in [0.05, 0.1) is 25.3 Å². The van der Waals surface area contributed by atoms with Gasteiger partial charge in [0.25, 0.3) is 5.91 Å². The molecule has 5 rings (SSSR count). The topological polar surface area (TPSA) is 63.5 Å². The Morgan fingerprint density at radius 1 is 1.09 bits per heavy atom. The van der Waals surface area contributed by atoms with Gasteiger partial charge in [-0.3, -0.25) is 4.79 Å². The minimum absolute atomic E-state index is 0.0157. The number of fused-ring (bicyclic) bond motifs is 1. The van der Waals surface area contributed by atoms with Gasteiger partial charge in [0.2, 0.25) is 5.95 Å². The zero-order valence-electron chi connectivity index (χ0n) is 17.8. The number of morpholine rings is 1. The number of hydrogen-bond donors (Lipinski definition) is 0. The molecule has 1 aromatic heterocycles. The third-order valence-electron chi connectivity index (χ3n) is 6.01. The standard InChI is InChI=1S/C24H24ClN5O2/c1-17-21(23(31)28-11-13-32-14-12-28)22(19-5-3-2-4-6-19)30-24(26-16-27-30)29(17)15-18-7-9-20(25)10-8-18/h2-10,16,22H,11-15H2,1H3. The van der Waals surface area contributed by atoms with Crippen LogP contribution in [-0.4, -0.2) is 51.9 Å². The van der Waals surface area contributed by atoms with E-state index in [1.54, 1.807) is 6.33 Å². The summed E-state index contributed by atoms with van der Waals surface area (Å²) in [6.07, 6.45) is 1.55. The molecular formula is C24H24ClN5O2. The van der Waals surface area contributed by atoms with Crippen LogP contribution in [0, 0.1) is 0 Å². The van der Waals surface area contributed by atoms with Gasteiger partial charge in [-0.25, -0.2) is 4.68 Å². The van der Waals surface area contributed by atoms with Crippen LogP contribution >= 0.6 is 11.6 Å². The van der Waals surface area contributed by atoms with Crippen molar-refractivity contribution in [2.75, 3.05) is 31.2 Å². The van der Waals surface area contributed by atoms with Crippen LogP contribution < -0.4 is 4.90 Å². The minimum Gasteiger partial charge on any atom is -0.378 e. The highest BCUT2D eigenvalue weighted by Crippen LogP contribution is 2.39. The van der Waals surface area contributed by atoms with Crippen LogP contribution in [0.3, 0.4) is 0 Å². The molecule has 1 unspecified atom stereocenters. The maximum absolute atomic E-state index is 13.8. The summed E-state index contributed by atoms with van der Waals surface area (Å²) in [6.45, 7) is 4.83. The largest absolute Gasteiger partial charge is 0.378 e. The Balaban J connectivity index is 1.62. The van der Waals surface area contributed by atoms with Crippen molar-refractivity contribution in [2.24, 2.45) is 0 Å². The lowest BCUT2D eigenvalue weighted by Gasteiger charge is -2.38. The lowest BCUT2D eigenvalue weighted by atomic mass is 9.93. The Labute approximate surface area is 191 Å². The number of allylic oxidation sites excluding steroid dienone is 1. The number of aromatic nitrogens is 3. The number of benzene rings is 2. The van der Waals surface area contributed by atoms with Crippen molar-refractivity contribution < 1.29 is 9.53 Å². The summed E-state index contributed by atoms with van der Waals surface area (Å²) >= 11 is 6.07. The number of halogens is 1. The van der Waals surface area contributed by atoms with E-state index in [-0.39, 0.29) is 11.9 Å². The molecule has 8 heteroatoms. The molecule has 0 aliphatic carbocycles. The van der Waals surface area contributed by atoms with E-state index in [9.17, 15) is 4.79 Å². The van der Waals surface area contributed by atoms with Crippen molar-refractivity contribution in [3.63, 3.8) is 0 Å². The number of nitrogens with zero attached hydrogens (tertiary/aromatic N) is 5. The number of rotatable bonds is 4. The number of carbonyl (C=O) groups excluding carboxylic acids is 1. The molecule has 7 nitrogen and oxygen atoms in total. The molecular weight excluding hydrogens is 426 g/mol. The van der Waals surface area contributed by atoms with Crippen LogP contribution in [0.2, 0.25) is 5.02 Å². The Morgan fingerprint density at radius 3 is 2.53 bits per heavy atom. The zero-order chi connectivity index (χ0) is 22.1. The lowest BCUT2D eigenvalue weighted by Crippen LogP contribution is -2.45. The zero-order valence-corrected chi connectivity index (χ0v) is 18.6. The summed E-state index contributed by atoms with van der Waals surface area (Å²) in [7, 11) is 0. The average molecular weight is 450 g/mol. The predicted molar refractivity (Wildman–Crippen MR) is 122 cm³/mol. The smallest absolute Gasteiger partial charge is 0.254 e. The van der Waals surface area contributed by atoms with Crippen molar-refractivity contribution >= 4 is 23.5 Å². The Morgan fingerprint density at radius 2 is 1.81 bits per heavy atom. The molecule has 1 saturated heterocycles. The van der Waals surface area contributed by atoms with Crippen molar-refractivity contribution in [3.05, 3.63) is 88.3 Å². The highest BCUT2D eigenvalue weighted by atomic mass is 35.5. The second-order valence-electron chi connectivity index (χ2n) is 7.93. The van der Waals surface area contributed by atoms with Gasteiger partial charge in [0, 0.05) is 23.8 Å². The van der Waals surface area contributed by atoms with Gasteiger partial charge in [0.15, 0.2) is 0 Å². The Bertz CT molecular complexity index is 1140. The molecule has 1 fully saturated rings. The van der Waals surface area contributed by atoms with Crippen molar-refractivity contribution in [1.29, 1.82) is 0 Å². The molecule has 0 radical (unpaired) electrons. The van der Waals surface area contributed by atoms with Gasteiger partial charge in [0.1, 0.15) is 12.4 Å². The highest BCUT2D eigenvalue weighted by molar-refractivity contribution is 6.30. The molecule has 2 aliphatic heterocycles. The van der Waals surface area contributed by atoms with Crippen LogP contribution in [0.15, 0.2) is 72.2 Å². The van der Waals surface area contributed by atoms with Crippen LogP contribution in [-0.2, 0) is 16.1 Å². The van der Waals surface area contributed by atoms with Gasteiger partial charge in [-0.1, -0.05) is 54.1 Å². The molecule has 32 heavy (non-hydrogen) atoms. The molecule has 1 atom stereocenters. The summed E-state index contributed by atoms with van der Waals surface area (Å²) < 4.78 is 7.32. The number of anilines is 1. The third kappa shape index (κ3) is 3.78. The maximum atomic E-state index is 13.8. The molecule has 2 aliphatic rings. The van der Waals surface area contributed by atoms with Crippen molar-refractivity contribution in [3.8, 4) is 0 Å². The van der Waals surface area contributed by atoms with E-state index in [0.717, 1.165) is 16.8 Å². The maximum Gasteiger partial charge on any atom is 0.254 e. The van der Waals surface area contributed by atoms with Gasteiger partial charge < -0.3 is 14.5 Å². The predicted octanol–water partition coefficient (Wildman–Crippen LogP) is 3.67. The number of carbonyl (C=O) groups is 1. The number of ether oxygens (including phenoxy) is 1. The first-order valence-electron chi connectivity index (χ1n) is 10.7. The van der Waals surface area contributed by atoms with Crippen molar-refractivity contribution in [2.45, 2.75) is 19.5 Å². The average Bonchev–Trinajstić information content (AvgIpc) is 3.32. The van der Waals surface area contributed by atoms with Crippen LogP contribution in [0.1, 0.15) is 24.1 Å². The molecule has 2 aromatic carbocycles. The molecule has 164 valence electrons. The molecule has 0 N–H and O–H groups in total. The summed E-state index contributed by atoms with van der Waals surface area (Å²) in [5.41, 5.74) is 3.66. The molecule has 3 heterocycles. The Kier molecular flexibility index (Phi) is 5.68. The Hall–Kier alpha value is -3.16. The van der Waals surface area contributed by atoms with Crippen molar-refractivity contribution in [1.82, 2.24) is 19.7 Å². The summed E-state index contributed by atoms with van der Waals surface area (Å²) in [4.78, 5) is 22.3. The second kappa shape index (κ2) is 8.76. The van der Waals surface area contributed by atoms with Gasteiger partial charge >= 0.3 is 0 Å². The van der Waals surface area contributed by atoms with E-state index in [1.807, 2.05) is 71.1 Å². The second-order valence-corrected chi connectivity index (χ2v) is 8.37. The van der Waals surface area contributed by atoms with Crippen LogP contribution in [0.25, 0.3) is 0 Å². The van der Waals surface area contributed by atoms with E-state index < -0.39 is 0 Å². The number of amides is 1. The van der Waals surface area contributed by atoms with Crippen LogP contribution in [0.4, 0.5) is 5.95 Å². The first-order valence-corrected chi connectivity index (χ1v) is 11.1. The molecule has 0 bridgehead atoms. The SMILES string of the molecule is CC1=C(C(=O)N2CCOCC2)C(c2ccccc2)n2ncnc2N1Cc1ccc(Cl)cc1. The normalized spacial score (nSPS) is 18.6. The fraction of sp³-hybridized carbons (Fsp3) is 0.292. The van der Waals surface area contributed by atoms with E-state index in [4.69, 9.17) is 16.3 Å². The van der Waals surface area contributed by atoms with Gasteiger partial charge in [-0.2, -0.15) is 10.1 Å². The summed E-state index contributed by atoms with van der Waals surface area (Å²) in [6, 6.07) is 17.4. The highest BCUT2D eigenvalue weighted by Gasteiger charge is 2.38. The van der Waals surface area contributed by atoms with E-state index >= 15 is 0 Å². The third-order valence-corrected chi connectivity index (χ3v) is 6.26. The molecule has 0 saturated carbocycles. The van der Waals surface area contributed by atoms with E-state index in [1.165, 1.54) is 0 Å². The van der Waals surface area contributed by atoms with Gasteiger partial charge in [-0.15, -0.1) is 0 Å². The fourth-order valence-corrected chi connectivity index (χ4v) is 4.47. The first-order chi connectivity index (χ1) is 15.6. The minimum atomic E-state index is -0.342. The molecule has 0 spiro atoms. The van der Waals surface area contributed by atoms with Crippen LogP contribution in [0.5, 0.6) is 0 Å². The van der Waals surface area contributed by atoms with Gasteiger partial charge in [-0.05, 0) is 30.2 Å².